The summed E-state index contributed by atoms with van der Waals surface area (Å²) >= 11 is 5.19. The number of thioether (sulfide) groups is 1. The van der Waals surface area contributed by atoms with Gasteiger partial charge in [-0.15, -0.1) is 0 Å². The van der Waals surface area contributed by atoms with E-state index in [1.807, 2.05) is 16.7 Å². The van der Waals surface area contributed by atoms with Gasteiger partial charge in [-0.2, -0.15) is 11.8 Å². The summed E-state index contributed by atoms with van der Waals surface area (Å²) in [6.07, 6.45) is 1.02. The van der Waals surface area contributed by atoms with Gasteiger partial charge in [-0.25, -0.2) is 0 Å². The molecule has 1 amide bonds. The van der Waals surface area contributed by atoms with E-state index in [0.29, 0.717) is 5.56 Å². The summed E-state index contributed by atoms with van der Waals surface area (Å²) in [6.45, 7) is 1.53. The van der Waals surface area contributed by atoms with Crippen molar-refractivity contribution >= 4 is 33.6 Å². The van der Waals surface area contributed by atoms with E-state index < -0.39 is 0 Å². The highest BCUT2D eigenvalue weighted by Crippen LogP contribution is 2.24. The highest BCUT2D eigenvalue weighted by atomic mass is 79.9. The Labute approximate surface area is 113 Å². The number of halogens is 1. The van der Waals surface area contributed by atoms with E-state index in [2.05, 4.69) is 15.9 Å². The lowest BCUT2D eigenvalue weighted by molar-refractivity contribution is 0.0765. The van der Waals surface area contributed by atoms with Crippen LogP contribution in [-0.2, 0) is 0 Å². The molecule has 0 saturated carbocycles. The van der Waals surface area contributed by atoms with Crippen molar-refractivity contribution in [3.05, 3.63) is 28.2 Å². The summed E-state index contributed by atoms with van der Waals surface area (Å²) in [5, 5.41) is 9.73. The average molecular weight is 316 g/mol. The Bertz CT molecular complexity index is 417. The van der Waals surface area contributed by atoms with Gasteiger partial charge in [0.2, 0.25) is 0 Å². The van der Waals surface area contributed by atoms with E-state index in [4.69, 9.17) is 0 Å². The largest absolute Gasteiger partial charge is 0.507 e. The molecule has 1 aromatic rings. The first-order valence-corrected chi connectivity index (χ1v) is 7.49. The lowest BCUT2D eigenvalue weighted by Gasteiger charge is -2.20. The van der Waals surface area contributed by atoms with Crippen molar-refractivity contribution in [1.29, 1.82) is 0 Å². The fraction of sp³-hybridized carbons (Fsp3) is 0.417. The Hall–Kier alpha value is -0.680. The molecule has 0 unspecified atom stereocenters. The van der Waals surface area contributed by atoms with Crippen LogP contribution in [0.2, 0.25) is 0 Å². The van der Waals surface area contributed by atoms with Crippen LogP contribution in [0.3, 0.4) is 0 Å². The predicted octanol–water partition coefficient (Wildman–Crippen LogP) is 2.73. The lowest BCUT2D eigenvalue weighted by Crippen LogP contribution is -2.32. The third-order valence-corrected chi connectivity index (χ3v) is 4.24. The molecule has 0 atom stereocenters. The molecule has 0 spiro atoms. The van der Waals surface area contributed by atoms with Gasteiger partial charge in [-0.05, 0) is 30.4 Å². The minimum Gasteiger partial charge on any atom is -0.507 e. The molecular formula is C12H14BrNO2S. The molecule has 1 heterocycles. The predicted molar refractivity (Wildman–Crippen MR) is 73.7 cm³/mol. The van der Waals surface area contributed by atoms with Crippen LogP contribution in [0.15, 0.2) is 22.7 Å². The van der Waals surface area contributed by atoms with Crippen LogP contribution >= 0.6 is 27.7 Å². The van der Waals surface area contributed by atoms with E-state index >= 15 is 0 Å². The van der Waals surface area contributed by atoms with Gasteiger partial charge in [0.05, 0.1) is 5.56 Å². The zero-order chi connectivity index (χ0) is 12.3. The first-order chi connectivity index (χ1) is 8.18. The highest BCUT2D eigenvalue weighted by Gasteiger charge is 2.20. The topological polar surface area (TPSA) is 40.5 Å². The van der Waals surface area contributed by atoms with Crippen LogP contribution in [0.5, 0.6) is 5.75 Å². The number of amides is 1. The molecule has 0 aliphatic carbocycles. The van der Waals surface area contributed by atoms with Crippen molar-refractivity contribution in [2.24, 2.45) is 0 Å². The van der Waals surface area contributed by atoms with E-state index in [1.165, 1.54) is 0 Å². The number of hydrogen-bond acceptors (Lipinski definition) is 3. The fourth-order valence-electron chi connectivity index (χ4n) is 1.80. The second-order valence-corrected chi connectivity index (χ2v) is 6.06. The first kappa shape index (κ1) is 12.8. The molecule has 5 heteroatoms. The Kier molecular flexibility index (Phi) is 4.34. The number of carbonyl (C=O) groups is 1. The third-order valence-electron chi connectivity index (χ3n) is 2.70. The Morgan fingerprint density at radius 2 is 2.18 bits per heavy atom. The molecule has 2 rings (SSSR count). The molecule has 92 valence electrons. The van der Waals surface area contributed by atoms with Gasteiger partial charge >= 0.3 is 0 Å². The van der Waals surface area contributed by atoms with E-state index in [-0.39, 0.29) is 11.7 Å². The van der Waals surface area contributed by atoms with Crippen molar-refractivity contribution in [1.82, 2.24) is 4.90 Å². The zero-order valence-electron chi connectivity index (χ0n) is 9.36. The molecule has 1 N–H and O–H groups in total. The molecule has 1 aromatic carbocycles. The molecule has 3 nitrogen and oxygen atoms in total. The summed E-state index contributed by atoms with van der Waals surface area (Å²) in [4.78, 5) is 14.1. The van der Waals surface area contributed by atoms with Gasteiger partial charge in [0.15, 0.2) is 0 Å². The summed E-state index contributed by atoms with van der Waals surface area (Å²) in [7, 11) is 0. The summed E-state index contributed by atoms with van der Waals surface area (Å²) in [5.74, 6) is 2.05. The minimum absolute atomic E-state index is 0.0510. The number of phenols is 1. The van der Waals surface area contributed by atoms with E-state index in [0.717, 1.165) is 35.5 Å². The van der Waals surface area contributed by atoms with Gasteiger partial charge < -0.3 is 10.0 Å². The van der Waals surface area contributed by atoms with Gasteiger partial charge in [0.1, 0.15) is 5.75 Å². The number of nitrogens with zero attached hydrogens (tertiary/aromatic N) is 1. The molecule has 1 aliphatic rings. The lowest BCUT2D eigenvalue weighted by atomic mass is 10.1. The summed E-state index contributed by atoms with van der Waals surface area (Å²) in [6, 6.07) is 4.95. The number of rotatable bonds is 1. The number of phenolic OH excluding ortho intramolecular Hbond substituents is 1. The standard InChI is InChI=1S/C12H14BrNO2S/c13-9-2-3-11(15)10(8-9)12(16)14-4-1-6-17-7-5-14/h2-3,8,15H,1,4-7H2. The van der Waals surface area contributed by atoms with Gasteiger partial charge in [-0.3, -0.25) is 4.79 Å². The maximum atomic E-state index is 12.3. The van der Waals surface area contributed by atoms with Crippen molar-refractivity contribution < 1.29 is 9.90 Å². The number of carbonyl (C=O) groups excluding carboxylic acids is 1. The summed E-state index contributed by atoms with van der Waals surface area (Å²) < 4.78 is 0.808. The average Bonchev–Trinajstić information content (AvgIpc) is 2.60. The van der Waals surface area contributed by atoms with E-state index in [1.54, 1.807) is 18.2 Å². The van der Waals surface area contributed by atoms with Gasteiger partial charge in [-0.1, -0.05) is 15.9 Å². The van der Waals surface area contributed by atoms with Crippen molar-refractivity contribution in [3.8, 4) is 5.75 Å². The minimum atomic E-state index is -0.0775. The van der Waals surface area contributed by atoms with Crippen molar-refractivity contribution in [2.45, 2.75) is 6.42 Å². The molecule has 1 aliphatic heterocycles. The maximum Gasteiger partial charge on any atom is 0.257 e. The van der Waals surface area contributed by atoms with Gasteiger partial charge in [0.25, 0.3) is 5.91 Å². The smallest absolute Gasteiger partial charge is 0.257 e. The van der Waals surface area contributed by atoms with E-state index in [9.17, 15) is 9.90 Å². The van der Waals surface area contributed by atoms with Crippen LogP contribution in [0.25, 0.3) is 0 Å². The first-order valence-electron chi connectivity index (χ1n) is 5.54. The van der Waals surface area contributed by atoms with Crippen LogP contribution in [-0.4, -0.2) is 40.5 Å². The number of hydrogen-bond donors (Lipinski definition) is 1. The van der Waals surface area contributed by atoms with Crippen molar-refractivity contribution in [3.63, 3.8) is 0 Å². The second kappa shape index (κ2) is 5.78. The zero-order valence-corrected chi connectivity index (χ0v) is 11.8. The molecule has 0 aromatic heterocycles. The highest BCUT2D eigenvalue weighted by molar-refractivity contribution is 9.10. The monoisotopic (exact) mass is 315 g/mol. The fourth-order valence-corrected chi connectivity index (χ4v) is 3.05. The second-order valence-electron chi connectivity index (χ2n) is 3.92. The molecule has 1 saturated heterocycles. The Morgan fingerprint density at radius 3 is 3.00 bits per heavy atom. The molecule has 0 bridgehead atoms. The maximum absolute atomic E-state index is 12.3. The van der Waals surface area contributed by atoms with Crippen LogP contribution in [0.4, 0.5) is 0 Å². The number of aromatic hydroxyl groups is 1. The van der Waals surface area contributed by atoms with Gasteiger partial charge in [0, 0.05) is 23.3 Å². The Morgan fingerprint density at radius 1 is 1.35 bits per heavy atom. The molecule has 17 heavy (non-hydrogen) atoms. The van der Waals surface area contributed by atoms with Crippen LogP contribution in [0, 0.1) is 0 Å². The van der Waals surface area contributed by atoms with Crippen LogP contribution in [0.1, 0.15) is 16.8 Å². The molecular weight excluding hydrogens is 302 g/mol. The molecule has 0 radical (unpaired) electrons. The normalized spacial score (nSPS) is 16.6. The summed E-state index contributed by atoms with van der Waals surface area (Å²) in [5.41, 5.74) is 0.381. The Balaban J connectivity index is 2.20. The SMILES string of the molecule is O=C(c1cc(Br)ccc1O)N1CCCSCC1. The van der Waals surface area contributed by atoms with Crippen molar-refractivity contribution in [2.75, 3.05) is 24.6 Å². The molecule has 1 fully saturated rings. The number of benzene rings is 1. The third kappa shape index (κ3) is 3.16. The quantitative estimate of drug-likeness (QED) is 0.866. The van der Waals surface area contributed by atoms with Crippen LogP contribution < -0.4 is 0 Å².